The summed E-state index contributed by atoms with van der Waals surface area (Å²) in [7, 11) is 0. The first-order chi connectivity index (χ1) is 7.79. The van der Waals surface area contributed by atoms with E-state index in [1.807, 2.05) is 6.07 Å². The number of nitrogens with one attached hydrogen (secondary N) is 1. The first kappa shape index (κ1) is 11.0. The third-order valence-electron chi connectivity index (χ3n) is 2.83. The quantitative estimate of drug-likeness (QED) is 0.462. The van der Waals surface area contributed by atoms with E-state index in [9.17, 15) is 4.79 Å². The fourth-order valence-electron chi connectivity index (χ4n) is 1.99. The lowest BCUT2D eigenvalue weighted by Crippen LogP contribution is -2.29. The molecular weight excluding hydrogens is 204 g/mol. The topological polar surface area (TPSA) is 64.3 Å². The molecule has 0 bridgehead atoms. The van der Waals surface area contributed by atoms with Gasteiger partial charge in [0.25, 0.3) is 5.91 Å². The molecule has 0 radical (unpaired) electrons. The van der Waals surface area contributed by atoms with Crippen molar-refractivity contribution >= 4 is 5.91 Å². The number of hydrazine groups is 1. The SMILES string of the molecule is NNC(=O)c1cccc(OC2CCCC2)c1. The Morgan fingerprint density at radius 2 is 2.12 bits per heavy atom. The molecule has 2 rings (SSSR count). The second kappa shape index (κ2) is 4.99. The van der Waals surface area contributed by atoms with Crippen LogP contribution in [0.25, 0.3) is 0 Å². The molecule has 4 nitrogen and oxygen atoms in total. The Balaban J connectivity index is 2.06. The van der Waals surface area contributed by atoms with E-state index in [-0.39, 0.29) is 5.91 Å². The molecule has 3 N–H and O–H groups in total. The van der Waals surface area contributed by atoms with Gasteiger partial charge in [-0.15, -0.1) is 0 Å². The summed E-state index contributed by atoms with van der Waals surface area (Å²) >= 11 is 0. The van der Waals surface area contributed by atoms with Gasteiger partial charge in [0.05, 0.1) is 6.10 Å². The number of hydrogen-bond acceptors (Lipinski definition) is 3. The average Bonchev–Trinajstić information content (AvgIpc) is 2.81. The number of hydrogen-bond donors (Lipinski definition) is 2. The zero-order chi connectivity index (χ0) is 11.4. The molecule has 0 aromatic heterocycles. The second-order valence-corrected chi connectivity index (χ2v) is 4.03. The summed E-state index contributed by atoms with van der Waals surface area (Å²) in [6.07, 6.45) is 4.97. The van der Waals surface area contributed by atoms with Gasteiger partial charge in [-0.1, -0.05) is 6.07 Å². The second-order valence-electron chi connectivity index (χ2n) is 4.03. The fourth-order valence-corrected chi connectivity index (χ4v) is 1.99. The van der Waals surface area contributed by atoms with Crippen LogP contribution in [-0.2, 0) is 0 Å². The summed E-state index contributed by atoms with van der Waals surface area (Å²) in [5, 5.41) is 0. The van der Waals surface area contributed by atoms with Gasteiger partial charge >= 0.3 is 0 Å². The molecule has 86 valence electrons. The van der Waals surface area contributed by atoms with E-state index in [1.54, 1.807) is 18.2 Å². The van der Waals surface area contributed by atoms with Gasteiger partial charge in [-0.2, -0.15) is 0 Å². The smallest absolute Gasteiger partial charge is 0.265 e. The molecule has 1 amide bonds. The largest absolute Gasteiger partial charge is 0.490 e. The molecular formula is C12H16N2O2. The highest BCUT2D eigenvalue weighted by atomic mass is 16.5. The van der Waals surface area contributed by atoms with Gasteiger partial charge in [0.1, 0.15) is 5.75 Å². The van der Waals surface area contributed by atoms with E-state index in [4.69, 9.17) is 10.6 Å². The molecule has 0 spiro atoms. The third kappa shape index (κ3) is 2.52. The number of benzene rings is 1. The standard InChI is InChI=1S/C12H16N2O2/c13-14-12(15)9-4-3-7-11(8-9)16-10-5-1-2-6-10/h3-4,7-8,10H,1-2,5-6,13H2,(H,14,15). The highest BCUT2D eigenvalue weighted by molar-refractivity contribution is 5.94. The van der Waals surface area contributed by atoms with Gasteiger partial charge in [0.15, 0.2) is 0 Å². The number of amides is 1. The van der Waals surface area contributed by atoms with Crippen molar-refractivity contribution in [1.29, 1.82) is 0 Å². The predicted molar refractivity (Wildman–Crippen MR) is 61.0 cm³/mol. The summed E-state index contributed by atoms with van der Waals surface area (Å²) in [6, 6.07) is 7.10. The zero-order valence-electron chi connectivity index (χ0n) is 9.11. The Morgan fingerprint density at radius 3 is 2.81 bits per heavy atom. The van der Waals surface area contributed by atoms with Crippen LogP contribution in [0.4, 0.5) is 0 Å². The maximum Gasteiger partial charge on any atom is 0.265 e. The van der Waals surface area contributed by atoms with E-state index >= 15 is 0 Å². The van der Waals surface area contributed by atoms with Crippen molar-refractivity contribution in [2.45, 2.75) is 31.8 Å². The summed E-state index contributed by atoms with van der Waals surface area (Å²) in [6.45, 7) is 0. The molecule has 1 aromatic carbocycles. The lowest BCUT2D eigenvalue weighted by atomic mass is 10.2. The van der Waals surface area contributed by atoms with E-state index in [1.165, 1.54) is 12.8 Å². The van der Waals surface area contributed by atoms with Crippen molar-refractivity contribution in [3.05, 3.63) is 29.8 Å². The number of nitrogens with two attached hydrogens (primary N) is 1. The normalized spacial score (nSPS) is 16.1. The first-order valence-electron chi connectivity index (χ1n) is 5.57. The highest BCUT2D eigenvalue weighted by Crippen LogP contribution is 2.24. The molecule has 1 saturated carbocycles. The number of rotatable bonds is 3. The minimum absolute atomic E-state index is 0.295. The highest BCUT2D eigenvalue weighted by Gasteiger charge is 2.16. The van der Waals surface area contributed by atoms with Crippen molar-refractivity contribution in [3.63, 3.8) is 0 Å². The Bertz CT molecular complexity index is 373. The number of nitrogen functional groups attached to an aromatic ring is 1. The van der Waals surface area contributed by atoms with E-state index in [0.29, 0.717) is 11.7 Å². The molecule has 4 heteroatoms. The van der Waals surface area contributed by atoms with Gasteiger partial charge in [0, 0.05) is 5.56 Å². The summed E-state index contributed by atoms with van der Waals surface area (Å²) in [5.41, 5.74) is 2.63. The molecule has 1 aromatic rings. The Labute approximate surface area is 94.8 Å². The van der Waals surface area contributed by atoms with Crippen LogP contribution in [0, 0.1) is 0 Å². The maximum absolute atomic E-state index is 11.3. The average molecular weight is 220 g/mol. The van der Waals surface area contributed by atoms with E-state index in [0.717, 1.165) is 18.6 Å². The van der Waals surface area contributed by atoms with Crippen molar-refractivity contribution < 1.29 is 9.53 Å². The van der Waals surface area contributed by atoms with Crippen LogP contribution >= 0.6 is 0 Å². The van der Waals surface area contributed by atoms with Gasteiger partial charge in [-0.3, -0.25) is 10.2 Å². The molecule has 1 aliphatic rings. The zero-order valence-corrected chi connectivity index (χ0v) is 9.11. The number of carbonyl (C=O) groups is 1. The first-order valence-corrected chi connectivity index (χ1v) is 5.57. The molecule has 0 atom stereocenters. The van der Waals surface area contributed by atoms with Crippen LogP contribution < -0.4 is 16.0 Å². The van der Waals surface area contributed by atoms with Gasteiger partial charge in [-0.25, -0.2) is 5.84 Å². The van der Waals surface area contributed by atoms with Crippen LogP contribution in [-0.4, -0.2) is 12.0 Å². The maximum atomic E-state index is 11.3. The summed E-state index contributed by atoms with van der Waals surface area (Å²) in [4.78, 5) is 11.3. The molecule has 1 fully saturated rings. The molecule has 0 aliphatic heterocycles. The minimum Gasteiger partial charge on any atom is -0.490 e. The van der Waals surface area contributed by atoms with Gasteiger partial charge < -0.3 is 4.74 Å². The van der Waals surface area contributed by atoms with Crippen molar-refractivity contribution in [3.8, 4) is 5.75 Å². The number of ether oxygens (including phenoxy) is 1. The Kier molecular flexibility index (Phi) is 3.41. The molecule has 0 saturated heterocycles. The monoisotopic (exact) mass is 220 g/mol. The Morgan fingerprint density at radius 1 is 1.38 bits per heavy atom. The Hall–Kier alpha value is -1.55. The van der Waals surface area contributed by atoms with Crippen LogP contribution in [0.2, 0.25) is 0 Å². The van der Waals surface area contributed by atoms with Gasteiger partial charge in [0.2, 0.25) is 0 Å². The van der Waals surface area contributed by atoms with Crippen molar-refractivity contribution in [2.24, 2.45) is 5.84 Å². The molecule has 0 heterocycles. The minimum atomic E-state index is -0.295. The lowest BCUT2D eigenvalue weighted by molar-refractivity contribution is 0.0953. The summed E-state index contributed by atoms with van der Waals surface area (Å²) in [5.74, 6) is 5.53. The molecule has 0 unspecified atom stereocenters. The van der Waals surface area contributed by atoms with Crippen molar-refractivity contribution in [2.75, 3.05) is 0 Å². The molecule has 1 aliphatic carbocycles. The lowest BCUT2D eigenvalue weighted by Gasteiger charge is -2.13. The predicted octanol–water partition coefficient (Wildman–Crippen LogP) is 1.61. The molecule has 16 heavy (non-hydrogen) atoms. The number of carbonyl (C=O) groups excluding carboxylic acids is 1. The van der Waals surface area contributed by atoms with Crippen LogP contribution in [0.5, 0.6) is 5.75 Å². The van der Waals surface area contributed by atoms with E-state index in [2.05, 4.69) is 5.43 Å². The van der Waals surface area contributed by atoms with Crippen LogP contribution in [0.1, 0.15) is 36.0 Å². The summed E-state index contributed by atoms with van der Waals surface area (Å²) < 4.78 is 5.79. The van der Waals surface area contributed by atoms with Gasteiger partial charge in [-0.05, 0) is 43.9 Å². The van der Waals surface area contributed by atoms with Crippen LogP contribution in [0.15, 0.2) is 24.3 Å². The van der Waals surface area contributed by atoms with E-state index < -0.39 is 0 Å². The fraction of sp³-hybridized carbons (Fsp3) is 0.417. The third-order valence-corrected chi connectivity index (χ3v) is 2.83. The van der Waals surface area contributed by atoms with Crippen molar-refractivity contribution in [1.82, 2.24) is 5.43 Å². The van der Waals surface area contributed by atoms with Crippen LogP contribution in [0.3, 0.4) is 0 Å².